The number of amides is 1. The molecule has 0 radical (unpaired) electrons. The first kappa shape index (κ1) is 16.4. The lowest BCUT2D eigenvalue weighted by Crippen LogP contribution is -2.29. The maximum Gasteiger partial charge on any atom is 0.274 e. The maximum atomic E-state index is 12.2. The average molecular weight is 322 g/mol. The van der Waals surface area contributed by atoms with E-state index >= 15 is 0 Å². The van der Waals surface area contributed by atoms with E-state index in [0.29, 0.717) is 29.6 Å². The molecule has 1 amide bonds. The van der Waals surface area contributed by atoms with Crippen LogP contribution in [-0.4, -0.2) is 40.8 Å². The molecule has 1 heterocycles. The van der Waals surface area contributed by atoms with Crippen LogP contribution in [0.1, 0.15) is 22.6 Å². The van der Waals surface area contributed by atoms with Crippen LogP contribution in [0, 0.1) is 6.92 Å². The highest BCUT2D eigenvalue weighted by atomic mass is 35.5. The van der Waals surface area contributed by atoms with Gasteiger partial charge in [-0.2, -0.15) is 5.10 Å². The van der Waals surface area contributed by atoms with E-state index in [1.54, 1.807) is 28.8 Å². The smallest absolute Gasteiger partial charge is 0.274 e. The zero-order chi connectivity index (χ0) is 16.1. The zero-order valence-corrected chi connectivity index (χ0v) is 13.8. The number of halogens is 1. The van der Waals surface area contributed by atoms with Crippen molar-refractivity contribution in [3.05, 3.63) is 46.7 Å². The summed E-state index contributed by atoms with van der Waals surface area (Å²) in [5, 5.41) is 4.79. The molecule has 6 heteroatoms. The van der Waals surface area contributed by atoms with Gasteiger partial charge in [-0.1, -0.05) is 23.7 Å². The quantitative estimate of drug-likeness (QED) is 0.769. The van der Waals surface area contributed by atoms with Crippen molar-refractivity contribution in [1.82, 2.24) is 14.7 Å². The van der Waals surface area contributed by atoms with E-state index in [2.05, 4.69) is 5.10 Å². The first-order chi connectivity index (χ1) is 10.5. The molecule has 0 saturated carbocycles. The van der Waals surface area contributed by atoms with Crippen LogP contribution in [0.2, 0.25) is 5.02 Å². The molecule has 0 bridgehead atoms. The molecule has 5 nitrogen and oxygen atoms in total. The SMILES string of the molecule is Cc1cc(C(=O)N(C)CCCOc2ccccc2Cl)nn1C. The molecule has 0 aliphatic rings. The minimum atomic E-state index is -0.0820. The fraction of sp³-hybridized carbons (Fsp3) is 0.375. The Labute approximate surface area is 135 Å². The van der Waals surface area contributed by atoms with Crippen molar-refractivity contribution in [3.63, 3.8) is 0 Å². The summed E-state index contributed by atoms with van der Waals surface area (Å²) in [6, 6.07) is 9.14. The van der Waals surface area contributed by atoms with Gasteiger partial charge in [0, 0.05) is 26.3 Å². The van der Waals surface area contributed by atoms with Gasteiger partial charge in [-0.05, 0) is 31.5 Å². The van der Waals surface area contributed by atoms with Crippen molar-refractivity contribution in [2.24, 2.45) is 7.05 Å². The average Bonchev–Trinajstić information content (AvgIpc) is 2.84. The first-order valence-electron chi connectivity index (χ1n) is 7.12. The Balaban J connectivity index is 1.79. The number of hydrogen-bond acceptors (Lipinski definition) is 3. The van der Waals surface area contributed by atoms with Crippen LogP contribution in [0.25, 0.3) is 0 Å². The Morgan fingerprint density at radius 1 is 1.41 bits per heavy atom. The van der Waals surface area contributed by atoms with Gasteiger partial charge in [-0.15, -0.1) is 0 Å². The molecular weight excluding hydrogens is 302 g/mol. The van der Waals surface area contributed by atoms with Gasteiger partial charge in [-0.25, -0.2) is 0 Å². The number of rotatable bonds is 6. The second-order valence-corrected chi connectivity index (χ2v) is 5.56. The van der Waals surface area contributed by atoms with Gasteiger partial charge in [0.15, 0.2) is 5.69 Å². The molecule has 0 fully saturated rings. The molecular formula is C16H20ClN3O2. The van der Waals surface area contributed by atoms with Gasteiger partial charge in [0.2, 0.25) is 0 Å². The van der Waals surface area contributed by atoms with Crippen molar-refractivity contribution < 1.29 is 9.53 Å². The van der Waals surface area contributed by atoms with Gasteiger partial charge < -0.3 is 9.64 Å². The number of aryl methyl sites for hydroxylation is 2. The molecule has 2 aromatic rings. The van der Waals surface area contributed by atoms with E-state index in [4.69, 9.17) is 16.3 Å². The van der Waals surface area contributed by atoms with Crippen LogP contribution in [0.5, 0.6) is 5.75 Å². The molecule has 1 aromatic heterocycles. The summed E-state index contributed by atoms with van der Waals surface area (Å²) in [6.07, 6.45) is 0.722. The lowest BCUT2D eigenvalue weighted by atomic mass is 10.3. The number of nitrogens with zero attached hydrogens (tertiary/aromatic N) is 3. The molecule has 0 aliphatic heterocycles. The second-order valence-electron chi connectivity index (χ2n) is 5.15. The third-order valence-electron chi connectivity index (χ3n) is 3.41. The van der Waals surface area contributed by atoms with E-state index in [9.17, 15) is 4.79 Å². The van der Waals surface area contributed by atoms with Crippen LogP contribution >= 0.6 is 11.6 Å². The number of carbonyl (C=O) groups excluding carboxylic acids is 1. The summed E-state index contributed by atoms with van der Waals surface area (Å²) in [6.45, 7) is 3.02. The maximum absolute atomic E-state index is 12.2. The minimum absolute atomic E-state index is 0.0820. The predicted octanol–water partition coefficient (Wildman–Crippen LogP) is 2.92. The summed E-state index contributed by atoms with van der Waals surface area (Å²) < 4.78 is 7.30. The summed E-state index contributed by atoms with van der Waals surface area (Å²) >= 11 is 6.01. The number of para-hydroxylation sites is 1. The molecule has 0 saturated heterocycles. The Bertz CT molecular complexity index is 635. The van der Waals surface area contributed by atoms with Crippen molar-refractivity contribution in [1.29, 1.82) is 0 Å². The van der Waals surface area contributed by atoms with Crippen LogP contribution in [-0.2, 0) is 7.05 Å². The highest BCUT2D eigenvalue weighted by Gasteiger charge is 2.15. The minimum Gasteiger partial charge on any atom is -0.492 e. The van der Waals surface area contributed by atoms with E-state index in [-0.39, 0.29) is 5.91 Å². The largest absolute Gasteiger partial charge is 0.492 e. The second kappa shape index (κ2) is 7.31. The van der Waals surface area contributed by atoms with Crippen molar-refractivity contribution in [2.45, 2.75) is 13.3 Å². The molecule has 0 N–H and O–H groups in total. The molecule has 0 aliphatic carbocycles. The number of ether oxygens (including phenoxy) is 1. The zero-order valence-electron chi connectivity index (χ0n) is 13.0. The Hall–Kier alpha value is -2.01. The Kier molecular flexibility index (Phi) is 5.44. The van der Waals surface area contributed by atoms with E-state index < -0.39 is 0 Å². The van der Waals surface area contributed by atoms with Crippen LogP contribution in [0.4, 0.5) is 0 Å². The van der Waals surface area contributed by atoms with Gasteiger partial charge in [0.05, 0.1) is 11.6 Å². The standard InChI is InChI=1S/C16H20ClN3O2/c1-12-11-14(18-20(12)3)16(21)19(2)9-6-10-22-15-8-5-4-7-13(15)17/h4-5,7-8,11H,6,9-10H2,1-3H3. The summed E-state index contributed by atoms with van der Waals surface area (Å²) in [5.41, 5.74) is 1.42. The monoisotopic (exact) mass is 321 g/mol. The van der Waals surface area contributed by atoms with Gasteiger partial charge in [-0.3, -0.25) is 9.48 Å². The molecule has 118 valence electrons. The first-order valence-corrected chi connectivity index (χ1v) is 7.50. The molecule has 1 aromatic carbocycles. The van der Waals surface area contributed by atoms with Crippen molar-refractivity contribution in [3.8, 4) is 5.75 Å². The lowest BCUT2D eigenvalue weighted by molar-refractivity contribution is 0.0781. The van der Waals surface area contributed by atoms with Crippen molar-refractivity contribution >= 4 is 17.5 Å². The summed E-state index contributed by atoms with van der Waals surface area (Å²) in [4.78, 5) is 13.9. The summed E-state index contributed by atoms with van der Waals surface area (Å²) in [7, 11) is 3.59. The highest BCUT2D eigenvalue weighted by Crippen LogP contribution is 2.23. The number of carbonyl (C=O) groups is 1. The Morgan fingerprint density at radius 2 is 2.14 bits per heavy atom. The van der Waals surface area contributed by atoms with E-state index in [1.807, 2.05) is 32.2 Å². The van der Waals surface area contributed by atoms with Crippen LogP contribution < -0.4 is 4.74 Å². The van der Waals surface area contributed by atoms with E-state index in [1.165, 1.54) is 0 Å². The fourth-order valence-electron chi connectivity index (χ4n) is 2.01. The van der Waals surface area contributed by atoms with Crippen LogP contribution in [0.15, 0.2) is 30.3 Å². The van der Waals surface area contributed by atoms with Crippen molar-refractivity contribution in [2.75, 3.05) is 20.2 Å². The highest BCUT2D eigenvalue weighted by molar-refractivity contribution is 6.32. The van der Waals surface area contributed by atoms with Gasteiger partial charge in [0.1, 0.15) is 5.75 Å². The van der Waals surface area contributed by atoms with Gasteiger partial charge in [0.25, 0.3) is 5.91 Å². The molecule has 0 atom stereocenters. The molecule has 0 unspecified atom stereocenters. The van der Waals surface area contributed by atoms with Crippen LogP contribution in [0.3, 0.4) is 0 Å². The lowest BCUT2D eigenvalue weighted by Gasteiger charge is -2.16. The third kappa shape index (κ3) is 4.01. The van der Waals surface area contributed by atoms with Gasteiger partial charge >= 0.3 is 0 Å². The topological polar surface area (TPSA) is 47.4 Å². The normalized spacial score (nSPS) is 10.5. The third-order valence-corrected chi connectivity index (χ3v) is 3.72. The Morgan fingerprint density at radius 3 is 2.77 bits per heavy atom. The van der Waals surface area contributed by atoms with E-state index in [0.717, 1.165) is 12.1 Å². The fourth-order valence-corrected chi connectivity index (χ4v) is 2.20. The number of hydrogen-bond donors (Lipinski definition) is 0. The number of aromatic nitrogens is 2. The summed E-state index contributed by atoms with van der Waals surface area (Å²) in [5.74, 6) is 0.583. The molecule has 0 spiro atoms. The predicted molar refractivity (Wildman–Crippen MR) is 86.5 cm³/mol. The number of benzene rings is 1. The molecule has 2 rings (SSSR count). The molecule has 22 heavy (non-hydrogen) atoms.